The van der Waals surface area contributed by atoms with E-state index in [9.17, 15) is 9.59 Å². The molecule has 1 saturated heterocycles. The van der Waals surface area contributed by atoms with Gasteiger partial charge in [0.2, 0.25) is 5.91 Å². The second kappa shape index (κ2) is 11.1. The van der Waals surface area contributed by atoms with Crippen LogP contribution in [-0.4, -0.2) is 34.1 Å². The number of aliphatic carboxylic acids is 1. The average molecular weight is 450 g/mol. The van der Waals surface area contributed by atoms with E-state index < -0.39 is 11.2 Å². The van der Waals surface area contributed by atoms with Crippen LogP contribution in [-0.2, 0) is 16.2 Å². The molecular formula is C24H23N3O4S. The van der Waals surface area contributed by atoms with E-state index in [4.69, 9.17) is 9.84 Å². The zero-order valence-corrected chi connectivity index (χ0v) is 18.3. The Bertz CT molecular complexity index is 1160. The number of carboxylic acids is 1. The fraction of sp³-hybridized carbons (Fsp3) is 0.167. The van der Waals surface area contributed by atoms with Gasteiger partial charge in [-0.05, 0) is 34.9 Å². The summed E-state index contributed by atoms with van der Waals surface area (Å²) in [6, 6.07) is 22.9. The lowest BCUT2D eigenvalue weighted by atomic mass is 10.1. The Hall–Kier alpha value is -3.65. The van der Waals surface area contributed by atoms with Gasteiger partial charge in [0.25, 0.3) is 0 Å². The molecule has 1 amide bonds. The highest BCUT2D eigenvalue weighted by atomic mass is 32.2. The Labute approximate surface area is 190 Å². The smallest absolute Gasteiger partial charge is 0.305 e. The van der Waals surface area contributed by atoms with Crippen LogP contribution in [0.25, 0.3) is 10.8 Å². The van der Waals surface area contributed by atoms with Gasteiger partial charge in [0, 0.05) is 6.72 Å². The minimum absolute atomic E-state index is 0.216. The molecule has 32 heavy (non-hydrogen) atoms. The SMILES string of the molecule is C=N/N=C1\NC(=O)C(CC(=O)O)S1.Cc1ccccc1OCc1cccc2ccccc12. The number of amidine groups is 1. The van der Waals surface area contributed by atoms with Crippen LogP contribution in [0.5, 0.6) is 5.75 Å². The summed E-state index contributed by atoms with van der Waals surface area (Å²) in [6.45, 7) is 5.79. The quantitative estimate of drug-likeness (QED) is 0.429. The van der Waals surface area contributed by atoms with E-state index in [0.29, 0.717) is 11.8 Å². The van der Waals surface area contributed by atoms with Gasteiger partial charge in [-0.3, -0.25) is 9.59 Å². The number of fused-ring (bicyclic) bond motifs is 1. The van der Waals surface area contributed by atoms with Crippen molar-refractivity contribution < 1.29 is 19.4 Å². The van der Waals surface area contributed by atoms with Crippen LogP contribution >= 0.6 is 11.8 Å². The van der Waals surface area contributed by atoms with E-state index >= 15 is 0 Å². The van der Waals surface area contributed by atoms with E-state index in [1.807, 2.05) is 18.2 Å². The first-order valence-electron chi connectivity index (χ1n) is 9.86. The maximum atomic E-state index is 11.1. The molecule has 164 valence electrons. The number of ether oxygens (including phenoxy) is 1. The number of thioether (sulfide) groups is 1. The second-order valence-corrected chi connectivity index (χ2v) is 8.12. The van der Waals surface area contributed by atoms with Gasteiger partial charge in [0.15, 0.2) is 5.17 Å². The van der Waals surface area contributed by atoms with Gasteiger partial charge in [0.1, 0.15) is 17.6 Å². The van der Waals surface area contributed by atoms with Gasteiger partial charge < -0.3 is 15.2 Å². The Morgan fingerprint density at radius 3 is 2.59 bits per heavy atom. The largest absolute Gasteiger partial charge is 0.489 e. The number of rotatable bonds is 6. The van der Waals surface area contributed by atoms with E-state index in [-0.39, 0.29) is 12.3 Å². The molecular weight excluding hydrogens is 426 g/mol. The Balaban J connectivity index is 0.000000195. The number of carbonyl (C=O) groups excluding carboxylic acids is 1. The molecule has 3 aromatic carbocycles. The van der Waals surface area contributed by atoms with Crippen molar-refractivity contribution in [3.63, 3.8) is 0 Å². The molecule has 1 atom stereocenters. The minimum Gasteiger partial charge on any atom is -0.489 e. The zero-order chi connectivity index (χ0) is 22.9. The summed E-state index contributed by atoms with van der Waals surface area (Å²) >= 11 is 1.05. The number of carboxylic acid groups (broad SMARTS) is 1. The Morgan fingerprint density at radius 2 is 1.84 bits per heavy atom. The molecule has 1 heterocycles. The monoisotopic (exact) mass is 449 g/mol. The molecule has 2 N–H and O–H groups in total. The van der Waals surface area contributed by atoms with Crippen molar-refractivity contribution in [1.29, 1.82) is 0 Å². The summed E-state index contributed by atoms with van der Waals surface area (Å²) in [5.74, 6) is -0.411. The number of hydrogen-bond acceptors (Lipinski definition) is 6. The number of amides is 1. The molecule has 1 fully saturated rings. The topological polar surface area (TPSA) is 100 Å². The number of nitrogens with one attached hydrogen (secondary N) is 1. The van der Waals surface area contributed by atoms with Crippen LogP contribution in [0.3, 0.4) is 0 Å². The highest BCUT2D eigenvalue weighted by Crippen LogP contribution is 2.23. The normalized spacial score (nSPS) is 16.2. The maximum Gasteiger partial charge on any atom is 0.305 e. The van der Waals surface area contributed by atoms with E-state index in [1.165, 1.54) is 21.9 Å². The summed E-state index contributed by atoms with van der Waals surface area (Å²) in [6.07, 6.45) is -0.216. The second-order valence-electron chi connectivity index (χ2n) is 6.93. The molecule has 0 saturated carbocycles. The molecule has 1 aliphatic heterocycles. The third-order valence-corrected chi connectivity index (χ3v) is 5.73. The number of hydrogen-bond donors (Lipinski definition) is 2. The molecule has 1 unspecified atom stereocenters. The third-order valence-electron chi connectivity index (χ3n) is 4.65. The zero-order valence-electron chi connectivity index (χ0n) is 17.5. The number of para-hydroxylation sites is 1. The van der Waals surface area contributed by atoms with Gasteiger partial charge in [-0.1, -0.05) is 72.4 Å². The van der Waals surface area contributed by atoms with E-state index in [1.54, 1.807) is 0 Å². The summed E-state index contributed by atoms with van der Waals surface area (Å²) < 4.78 is 5.93. The van der Waals surface area contributed by atoms with E-state index in [2.05, 4.69) is 77.7 Å². The van der Waals surface area contributed by atoms with Gasteiger partial charge >= 0.3 is 5.97 Å². The first kappa shape index (κ1) is 23.0. The molecule has 0 aromatic heterocycles. The van der Waals surface area contributed by atoms with Crippen molar-refractivity contribution in [2.45, 2.75) is 25.2 Å². The van der Waals surface area contributed by atoms with Crippen LogP contribution in [0.1, 0.15) is 17.5 Å². The molecule has 7 nitrogen and oxygen atoms in total. The maximum absolute atomic E-state index is 11.1. The first-order chi connectivity index (χ1) is 15.5. The van der Waals surface area contributed by atoms with Crippen molar-refractivity contribution in [1.82, 2.24) is 5.32 Å². The van der Waals surface area contributed by atoms with E-state index in [0.717, 1.165) is 17.5 Å². The predicted octanol–water partition coefficient (Wildman–Crippen LogP) is 4.39. The lowest BCUT2D eigenvalue weighted by molar-refractivity contribution is -0.138. The van der Waals surface area contributed by atoms with Crippen molar-refractivity contribution in [2.75, 3.05) is 0 Å². The molecule has 0 aliphatic carbocycles. The molecule has 8 heteroatoms. The highest BCUT2D eigenvalue weighted by Gasteiger charge is 2.32. The lowest BCUT2D eigenvalue weighted by Gasteiger charge is -2.10. The van der Waals surface area contributed by atoms with Crippen molar-refractivity contribution >= 4 is 46.3 Å². The van der Waals surface area contributed by atoms with Crippen LogP contribution in [0.15, 0.2) is 76.9 Å². The Kier molecular flexibility index (Phi) is 7.99. The lowest BCUT2D eigenvalue weighted by Crippen LogP contribution is -2.26. The van der Waals surface area contributed by atoms with Crippen molar-refractivity contribution in [2.24, 2.45) is 10.2 Å². The summed E-state index contributed by atoms with van der Waals surface area (Å²) in [7, 11) is 0. The standard InChI is InChI=1S/C18H16O.C6H7N3O3S/c1-14-7-2-5-12-18(14)19-13-16-10-6-9-15-8-3-4-11-17(15)16;1-7-9-6-8-5(12)3(13-6)2-4(10)11/h2-12H,13H2,1H3;3H,1-2H2,(H,10,11)(H,8,9,12). The molecule has 3 aromatic rings. The van der Waals surface area contributed by atoms with Gasteiger partial charge in [0.05, 0.1) is 6.42 Å². The number of nitrogens with zero attached hydrogens (tertiary/aromatic N) is 2. The summed E-state index contributed by atoms with van der Waals surface area (Å²) in [4.78, 5) is 21.4. The highest BCUT2D eigenvalue weighted by molar-refractivity contribution is 8.15. The molecule has 0 spiro atoms. The summed E-state index contributed by atoms with van der Waals surface area (Å²) in [5, 5.41) is 19.8. The number of benzene rings is 3. The van der Waals surface area contributed by atoms with Crippen LogP contribution < -0.4 is 10.1 Å². The molecule has 1 aliphatic rings. The van der Waals surface area contributed by atoms with Crippen molar-refractivity contribution in [3.05, 3.63) is 77.9 Å². The first-order valence-corrected chi connectivity index (χ1v) is 10.7. The summed E-state index contributed by atoms with van der Waals surface area (Å²) in [5.41, 5.74) is 2.39. The number of carbonyl (C=O) groups is 2. The fourth-order valence-electron chi connectivity index (χ4n) is 3.10. The van der Waals surface area contributed by atoms with Crippen LogP contribution in [0.4, 0.5) is 0 Å². The van der Waals surface area contributed by atoms with Gasteiger partial charge in [-0.25, -0.2) is 0 Å². The molecule has 4 rings (SSSR count). The van der Waals surface area contributed by atoms with Crippen molar-refractivity contribution in [3.8, 4) is 5.75 Å². The number of aryl methyl sites for hydroxylation is 1. The fourth-order valence-corrected chi connectivity index (χ4v) is 4.03. The van der Waals surface area contributed by atoms with Gasteiger partial charge in [-0.2, -0.15) is 5.10 Å². The Morgan fingerprint density at radius 1 is 1.12 bits per heavy atom. The predicted molar refractivity (Wildman–Crippen MR) is 128 cm³/mol. The average Bonchev–Trinajstić information content (AvgIpc) is 3.12. The molecule has 0 bridgehead atoms. The van der Waals surface area contributed by atoms with Crippen LogP contribution in [0.2, 0.25) is 0 Å². The van der Waals surface area contributed by atoms with Gasteiger partial charge in [-0.15, -0.1) is 5.10 Å². The molecule has 0 radical (unpaired) electrons. The van der Waals surface area contributed by atoms with Crippen LogP contribution in [0, 0.1) is 6.92 Å². The third kappa shape index (κ3) is 6.18. The minimum atomic E-state index is -1.01.